The molecule has 1 fully saturated rings. The molecule has 1 aliphatic carbocycles. The van der Waals surface area contributed by atoms with E-state index in [1.54, 1.807) is 24.8 Å². The number of hydrogen-bond donors (Lipinski definition) is 1. The van der Waals surface area contributed by atoms with Gasteiger partial charge in [-0.15, -0.1) is 0 Å². The fraction of sp³-hybridized carbons (Fsp3) is 0.273. The third kappa shape index (κ3) is 3.11. The molecule has 7 nitrogen and oxygen atoms in total. The summed E-state index contributed by atoms with van der Waals surface area (Å²) in [6.07, 6.45) is 8.06. The number of nitrogens with zero attached hydrogens (tertiary/aromatic N) is 5. The van der Waals surface area contributed by atoms with Crippen molar-refractivity contribution in [3.05, 3.63) is 59.8 Å². The molecule has 3 aromatic heterocycles. The first kappa shape index (κ1) is 19.0. The molecule has 0 atom stereocenters. The molecule has 0 bridgehead atoms. The zero-order chi connectivity index (χ0) is 20.9. The van der Waals surface area contributed by atoms with Crippen LogP contribution < -0.4 is 0 Å². The standard InChI is InChI=1S/C22H20ClN5O2/c1-13-16(11-26-28(13)14-9-22(2,29)10-14)21-19(18-12-24-7-8-25-18)20(27-30-21)15-5-3-4-6-17(15)23/h3-8,11-12,14,29H,9-10H2,1-2H3. The van der Waals surface area contributed by atoms with Crippen molar-refractivity contribution in [2.75, 3.05) is 0 Å². The normalized spacial score (nSPS) is 20.9. The van der Waals surface area contributed by atoms with Gasteiger partial charge < -0.3 is 9.63 Å². The minimum absolute atomic E-state index is 0.166. The molecular formula is C22H20ClN5O2. The largest absolute Gasteiger partial charge is 0.390 e. The average Bonchev–Trinajstić information content (AvgIpc) is 3.30. The van der Waals surface area contributed by atoms with Crippen LogP contribution in [0.15, 0.2) is 53.6 Å². The summed E-state index contributed by atoms with van der Waals surface area (Å²) in [6, 6.07) is 7.66. The highest BCUT2D eigenvalue weighted by atomic mass is 35.5. The maximum absolute atomic E-state index is 10.1. The van der Waals surface area contributed by atoms with Gasteiger partial charge in [0.15, 0.2) is 5.76 Å². The first-order valence-corrected chi connectivity index (χ1v) is 10.1. The number of halogens is 1. The first-order valence-electron chi connectivity index (χ1n) is 9.72. The highest BCUT2D eigenvalue weighted by molar-refractivity contribution is 6.33. The van der Waals surface area contributed by atoms with Crippen LogP contribution in [-0.2, 0) is 0 Å². The van der Waals surface area contributed by atoms with Gasteiger partial charge in [-0.1, -0.05) is 35.0 Å². The van der Waals surface area contributed by atoms with Crippen LogP contribution in [0.5, 0.6) is 0 Å². The molecule has 30 heavy (non-hydrogen) atoms. The Kier molecular flexibility index (Phi) is 4.45. The summed E-state index contributed by atoms with van der Waals surface area (Å²) in [5, 5.41) is 19.6. The van der Waals surface area contributed by atoms with Gasteiger partial charge in [-0.3, -0.25) is 14.6 Å². The SMILES string of the molecule is Cc1c(-c2onc(-c3ccccc3Cl)c2-c2cnccn2)cnn1C1CC(C)(O)C1. The van der Waals surface area contributed by atoms with Crippen molar-refractivity contribution in [2.45, 2.75) is 38.3 Å². The fourth-order valence-corrected chi connectivity index (χ4v) is 4.34. The van der Waals surface area contributed by atoms with E-state index >= 15 is 0 Å². The van der Waals surface area contributed by atoms with Gasteiger partial charge >= 0.3 is 0 Å². The molecule has 1 aromatic carbocycles. The van der Waals surface area contributed by atoms with Crippen LogP contribution in [0.1, 0.15) is 31.5 Å². The van der Waals surface area contributed by atoms with E-state index in [4.69, 9.17) is 16.1 Å². The van der Waals surface area contributed by atoms with E-state index in [0.29, 0.717) is 35.0 Å². The second-order valence-electron chi connectivity index (χ2n) is 7.95. The van der Waals surface area contributed by atoms with E-state index in [2.05, 4.69) is 20.2 Å². The van der Waals surface area contributed by atoms with E-state index < -0.39 is 5.60 Å². The lowest BCUT2D eigenvalue weighted by Gasteiger charge is -2.41. The molecule has 0 amide bonds. The van der Waals surface area contributed by atoms with Crippen LogP contribution >= 0.6 is 11.6 Å². The monoisotopic (exact) mass is 421 g/mol. The number of hydrogen-bond acceptors (Lipinski definition) is 6. The summed E-state index contributed by atoms with van der Waals surface area (Å²) in [4.78, 5) is 8.69. The third-order valence-electron chi connectivity index (χ3n) is 5.63. The van der Waals surface area contributed by atoms with Gasteiger partial charge in [0.25, 0.3) is 0 Å². The van der Waals surface area contributed by atoms with Crippen molar-refractivity contribution in [3.8, 4) is 33.8 Å². The molecule has 0 spiro atoms. The topological polar surface area (TPSA) is 89.9 Å². The van der Waals surface area contributed by atoms with Crippen molar-refractivity contribution in [1.29, 1.82) is 0 Å². The lowest BCUT2D eigenvalue weighted by atomic mass is 9.77. The molecule has 0 unspecified atom stereocenters. The minimum Gasteiger partial charge on any atom is -0.390 e. The van der Waals surface area contributed by atoms with Crippen LogP contribution in [0.25, 0.3) is 33.8 Å². The molecule has 8 heteroatoms. The van der Waals surface area contributed by atoms with E-state index in [1.165, 1.54) is 0 Å². The molecule has 0 saturated heterocycles. The van der Waals surface area contributed by atoms with E-state index in [9.17, 15) is 5.11 Å². The Balaban J connectivity index is 1.66. The predicted molar refractivity (Wildman–Crippen MR) is 113 cm³/mol. The maximum Gasteiger partial charge on any atom is 0.180 e. The van der Waals surface area contributed by atoms with Crippen molar-refractivity contribution in [3.63, 3.8) is 0 Å². The highest BCUT2D eigenvalue weighted by Gasteiger charge is 2.41. The summed E-state index contributed by atoms with van der Waals surface area (Å²) in [7, 11) is 0. The second-order valence-corrected chi connectivity index (χ2v) is 8.36. The predicted octanol–water partition coefficient (Wildman–Crippen LogP) is 4.71. The van der Waals surface area contributed by atoms with Crippen LogP contribution in [0.3, 0.4) is 0 Å². The van der Waals surface area contributed by atoms with Crippen LogP contribution in [0.4, 0.5) is 0 Å². The van der Waals surface area contributed by atoms with Crippen LogP contribution in [0.2, 0.25) is 5.02 Å². The van der Waals surface area contributed by atoms with E-state index in [1.807, 2.05) is 42.8 Å². The van der Waals surface area contributed by atoms with E-state index in [0.717, 1.165) is 22.4 Å². The Bertz CT molecular complexity index is 1210. The van der Waals surface area contributed by atoms with Gasteiger partial charge in [0.2, 0.25) is 0 Å². The molecule has 0 aliphatic heterocycles. The van der Waals surface area contributed by atoms with Crippen LogP contribution in [-0.4, -0.2) is 35.6 Å². The molecule has 5 rings (SSSR count). The Morgan fingerprint density at radius 1 is 1.17 bits per heavy atom. The van der Waals surface area contributed by atoms with Crippen molar-refractivity contribution >= 4 is 11.6 Å². The quantitative estimate of drug-likeness (QED) is 0.513. The minimum atomic E-state index is -0.628. The van der Waals surface area contributed by atoms with Crippen molar-refractivity contribution < 1.29 is 9.63 Å². The Morgan fingerprint density at radius 3 is 2.67 bits per heavy atom. The molecule has 4 aromatic rings. The highest BCUT2D eigenvalue weighted by Crippen LogP contribution is 2.45. The molecule has 3 heterocycles. The zero-order valence-electron chi connectivity index (χ0n) is 16.6. The maximum atomic E-state index is 10.1. The van der Waals surface area contributed by atoms with Gasteiger partial charge in [0.05, 0.1) is 45.9 Å². The lowest BCUT2D eigenvalue weighted by Crippen LogP contribution is -2.42. The number of rotatable bonds is 4. The van der Waals surface area contributed by atoms with Crippen molar-refractivity contribution in [1.82, 2.24) is 24.9 Å². The van der Waals surface area contributed by atoms with Crippen LogP contribution in [0, 0.1) is 6.92 Å². The van der Waals surface area contributed by atoms with Crippen molar-refractivity contribution in [2.24, 2.45) is 0 Å². The molecule has 1 saturated carbocycles. The number of benzene rings is 1. The summed E-state index contributed by atoms with van der Waals surface area (Å²) in [6.45, 7) is 3.84. The molecule has 1 N–H and O–H groups in total. The second kappa shape index (κ2) is 7.04. The van der Waals surface area contributed by atoms with Gasteiger partial charge in [-0.05, 0) is 32.8 Å². The van der Waals surface area contributed by atoms with Gasteiger partial charge in [-0.25, -0.2) is 0 Å². The van der Waals surface area contributed by atoms with Gasteiger partial charge in [-0.2, -0.15) is 5.10 Å². The summed E-state index contributed by atoms with van der Waals surface area (Å²) in [5.74, 6) is 0.570. The zero-order valence-corrected chi connectivity index (χ0v) is 17.3. The Labute approximate surface area is 178 Å². The summed E-state index contributed by atoms with van der Waals surface area (Å²) < 4.78 is 7.78. The Morgan fingerprint density at radius 2 is 1.97 bits per heavy atom. The van der Waals surface area contributed by atoms with Gasteiger partial charge in [0.1, 0.15) is 5.69 Å². The average molecular weight is 422 g/mol. The molecule has 1 aliphatic rings. The summed E-state index contributed by atoms with van der Waals surface area (Å²) >= 11 is 6.45. The molecule has 152 valence electrons. The molecular weight excluding hydrogens is 402 g/mol. The third-order valence-corrected chi connectivity index (χ3v) is 5.96. The first-order chi connectivity index (χ1) is 14.4. The fourth-order valence-electron chi connectivity index (χ4n) is 4.12. The van der Waals surface area contributed by atoms with Gasteiger partial charge in [0, 0.05) is 23.7 Å². The summed E-state index contributed by atoms with van der Waals surface area (Å²) in [5.41, 5.74) is 3.87. The smallest absolute Gasteiger partial charge is 0.180 e. The number of aromatic nitrogens is 5. The Hall–Kier alpha value is -3.03. The van der Waals surface area contributed by atoms with E-state index in [-0.39, 0.29) is 6.04 Å². The number of aliphatic hydroxyl groups is 1. The molecule has 0 radical (unpaired) electrons. The lowest BCUT2D eigenvalue weighted by molar-refractivity contribution is -0.0548.